The average molecular weight is 563 g/mol. The molecule has 41 heavy (non-hydrogen) atoms. The maximum atomic E-state index is 13.7. The van der Waals surface area contributed by atoms with Gasteiger partial charge in [0.25, 0.3) is 0 Å². The second-order valence-corrected chi connectivity index (χ2v) is 10.3. The minimum atomic E-state index is -0.772. The summed E-state index contributed by atoms with van der Waals surface area (Å²) in [6, 6.07) is 15.3. The number of allylic oxidation sites excluding steroid dienone is 1. The molecule has 0 radical (unpaired) electrons. The van der Waals surface area contributed by atoms with Crippen LogP contribution in [0, 0.1) is 0 Å². The van der Waals surface area contributed by atoms with Gasteiger partial charge in [0.1, 0.15) is 17.8 Å². The monoisotopic (exact) mass is 562 g/mol. The molecule has 0 aliphatic carbocycles. The summed E-state index contributed by atoms with van der Waals surface area (Å²) in [6.45, 7) is 9.05. The van der Waals surface area contributed by atoms with E-state index in [0.29, 0.717) is 44.5 Å². The molecule has 0 spiro atoms. The largest absolute Gasteiger partial charge is 0.427 e. The van der Waals surface area contributed by atoms with Gasteiger partial charge in [-0.3, -0.25) is 19.2 Å². The molecule has 2 aromatic rings. The summed E-state index contributed by atoms with van der Waals surface area (Å²) in [5, 5.41) is 9.08. The molecule has 3 amide bonds. The van der Waals surface area contributed by atoms with E-state index in [9.17, 15) is 19.2 Å². The Morgan fingerprint density at radius 2 is 1.71 bits per heavy atom. The van der Waals surface area contributed by atoms with E-state index in [-0.39, 0.29) is 30.1 Å². The first-order valence-corrected chi connectivity index (χ1v) is 14.4. The molecular formula is C32H42N4O5. The van der Waals surface area contributed by atoms with Gasteiger partial charge in [0, 0.05) is 45.1 Å². The highest BCUT2D eigenvalue weighted by Gasteiger charge is 2.37. The number of rotatable bonds is 15. The zero-order chi connectivity index (χ0) is 29.6. The van der Waals surface area contributed by atoms with Crippen LogP contribution in [-0.2, 0) is 32.0 Å². The second kappa shape index (κ2) is 16.2. The van der Waals surface area contributed by atoms with E-state index in [2.05, 4.69) is 29.5 Å². The molecule has 3 N–H and O–H groups in total. The molecule has 1 heterocycles. The normalized spacial score (nSPS) is 15.1. The highest BCUT2D eigenvalue weighted by Crippen LogP contribution is 2.20. The smallest absolute Gasteiger partial charge is 0.308 e. The minimum absolute atomic E-state index is 0.199. The van der Waals surface area contributed by atoms with Crippen LogP contribution in [-0.4, -0.2) is 60.3 Å². The lowest BCUT2D eigenvalue weighted by Crippen LogP contribution is -2.54. The summed E-state index contributed by atoms with van der Waals surface area (Å²) in [5.41, 5.74) is 2.71. The van der Waals surface area contributed by atoms with E-state index in [4.69, 9.17) is 4.74 Å². The number of amides is 3. The number of likely N-dealkylation sites (tertiary alicyclic amines) is 1. The predicted octanol–water partition coefficient (Wildman–Crippen LogP) is 3.28. The standard InChI is InChI=1S/C32H42N4O5/c1-4-19-33-23(2)12-17-30(38)35-28(22-26-9-6-5-7-10-26)32(40)36-21-8-11-29(36)31(39)34-20-18-25-13-15-27(16-14-25)41-24(3)37/h5-7,9-10,13-16,28-29,33H,2,4,8,11-12,17-22H2,1,3H3,(H,34,39)(H,35,38)/t28-,29-/m0/s1. The van der Waals surface area contributed by atoms with Gasteiger partial charge in [0.2, 0.25) is 17.7 Å². The van der Waals surface area contributed by atoms with E-state index in [1.807, 2.05) is 42.5 Å². The molecule has 3 rings (SSSR count). The van der Waals surface area contributed by atoms with Crippen LogP contribution in [0.4, 0.5) is 0 Å². The number of esters is 1. The third-order valence-corrected chi connectivity index (χ3v) is 6.93. The number of ether oxygens (including phenoxy) is 1. The molecule has 9 heteroatoms. The third-order valence-electron chi connectivity index (χ3n) is 6.93. The average Bonchev–Trinajstić information content (AvgIpc) is 3.45. The van der Waals surface area contributed by atoms with Crippen molar-refractivity contribution in [3.63, 3.8) is 0 Å². The molecule has 9 nitrogen and oxygen atoms in total. The minimum Gasteiger partial charge on any atom is -0.427 e. The van der Waals surface area contributed by atoms with Crippen LogP contribution >= 0.6 is 0 Å². The van der Waals surface area contributed by atoms with Crippen LogP contribution in [0.5, 0.6) is 5.75 Å². The summed E-state index contributed by atoms with van der Waals surface area (Å²) >= 11 is 0. The van der Waals surface area contributed by atoms with Crippen LogP contribution in [0.2, 0.25) is 0 Å². The van der Waals surface area contributed by atoms with Crippen molar-refractivity contribution in [3.8, 4) is 5.75 Å². The second-order valence-electron chi connectivity index (χ2n) is 10.3. The molecule has 1 saturated heterocycles. The fraction of sp³-hybridized carbons (Fsp3) is 0.438. The summed E-state index contributed by atoms with van der Waals surface area (Å²) in [7, 11) is 0. The summed E-state index contributed by atoms with van der Waals surface area (Å²) in [5.74, 6) is -0.574. The van der Waals surface area contributed by atoms with Crippen LogP contribution in [0.25, 0.3) is 0 Å². The molecule has 220 valence electrons. The Morgan fingerprint density at radius 1 is 0.976 bits per heavy atom. The van der Waals surface area contributed by atoms with E-state index < -0.39 is 12.1 Å². The van der Waals surface area contributed by atoms with Crippen molar-refractivity contribution >= 4 is 23.7 Å². The van der Waals surface area contributed by atoms with Crippen molar-refractivity contribution in [1.82, 2.24) is 20.9 Å². The van der Waals surface area contributed by atoms with Gasteiger partial charge in [0.15, 0.2) is 0 Å². The Hall–Kier alpha value is -4.14. The Labute approximate surface area is 242 Å². The Balaban J connectivity index is 1.59. The van der Waals surface area contributed by atoms with Crippen molar-refractivity contribution in [2.45, 2.75) is 70.9 Å². The molecule has 1 fully saturated rings. The quantitative estimate of drug-likeness (QED) is 0.227. The fourth-order valence-corrected chi connectivity index (χ4v) is 4.81. The predicted molar refractivity (Wildman–Crippen MR) is 158 cm³/mol. The van der Waals surface area contributed by atoms with Crippen molar-refractivity contribution < 1.29 is 23.9 Å². The first-order valence-electron chi connectivity index (χ1n) is 14.4. The Bertz CT molecular complexity index is 1180. The summed E-state index contributed by atoms with van der Waals surface area (Å²) < 4.78 is 5.05. The van der Waals surface area contributed by atoms with Gasteiger partial charge in [0.05, 0.1) is 0 Å². The van der Waals surface area contributed by atoms with Crippen LogP contribution in [0.3, 0.4) is 0 Å². The molecule has 0 bridgehead atoms. The third kappa shape index (κ3) is 10.4. The topological polar surface area (TPSA) is 117 Å². The number of nitrogens with one attached hydrogen (secondary N) is 3. The zero-order valence-corrected chi connectivity index (χ0v) is 24.1. The number of hydrogen-bond acceptors (Lipinski definition) is 6. The number of benzene rings is 2. The van der Waals surface area contributed by atoms with Gasteiger partial charge in [-0.2, -0.15) is 0 Å². The van der Waals surface area contributed by atoms with Gasteiger partial charge < -0.3 is 25.6 Å². The lowest BCUT2D eigenvalue weighted by molar-refractivity contribution is -0.141. The van der Waals surface area contributed by atoms with Crippen molar-refractivity contribution in [2.24, 2.45) is 0 Å². The van der Waals surface area contributed by atoms with Gasteiger partial charge in [-0.25, -0.2) is 0 Å². The highest BCUT2D eigenvalue weighted by molar-refractivity contribution is 5.92. The molecule has 0 unspecified atom stereocenters. The van der Waals surface area contributed by atoms with Crippen LogP contribution in [0.1, 0.15) is 57.1 Å². The summed E-state index contributed by atoms with van der Waals surface area (Å²) in [6.07, 6.45) is 3.90. The molecule has 0 saturated carbocycles. The van der Waals surface area contributed by atoms with Crippen molar-refractivity contribution in [2.75, 3.05) is 19.6 Å². The SMILES string of the molecule is C=C(CCC(=O)N[C@@H](Cc1ccccc1)C(=O)N1CCC[C@H]1C(=O)NCCc1ccc(OC(C)=O)cc1)NCCC. The van der Waals surface area contributed by atoms with Gasteiger partial charge in [-0.15, -0.1) is 0 Å². The van der Waals surface area contributed by atoms with Crippen molar-refractivity contribution in [1.29, 1.82) is 0 Å². The molecule has 1 aliphatic rings. The molecule has 2 atom stereocenters. The maximum absolute atomic E-state index is 13.7. The molecular weight excluding hydrogens is 520 g/mol. The van der Waals surface area contributed by atoms with Gasteiger partial charge in [-0.1, -0.05) is 56.0 Å². The van der Waals surface area contributed by atoms with Crippen LogP contribution < -0.4 is 20.7 Å². The van der Waals surface area contributed by atoms with Crippen LogP contribution in [0.15, 0.2) is 66.9 Å². The van der Waals surface area contributed by atoms with Gasteiger partial charge in [-0.05, 0) is 55.4 Å². The first-order chi connectivity index (χ1) is 19.8. The summed E-state index contributed by atoms with van der Waals surface area (Å²) in [4.78, 5) is 52.4. The number of nitrogens with zero attached hydrogens (tertiary/aromatic N) is 1. The van der Waals surface area contributed by atoms with E-state index >= 15 is 0 Å². The first kappa shape index (κ1) is 31.4. The molecule has 0 aromatic heterocycles. The fourth-order valence-electron chi connectivity index (χ4n) is 4.81. The highest BCUT2D eigenvalue weighted by atomic mass is 16.5. The van der Waals surface area contributed by atoms with Crippen molar-refractivity contribution in [3.05, 3.63) is 78.0 Å². The number of carbonyl (C=O) groups is 4. The Morgan fingerprint density at radius 3 is 2.39 bits per heavy atom. The maximum Gasteiger partial charge on any atom is 0.308 e. The van der Waals surface area contributed by atoms with E-state index in [0.717, 1.165) is 36.2 Å². The molecule has 1 aliphatic heterocycles. The van der Waals surface area contributed by atoms with E-state index in [1.54, 1.807) is 17.0 Å². The lowest BCUT2D eigenvalue weighted by Gasteiger charge is -2.29. The number of carbonyl (C=O) groups excluding carboxylic acids is 4. The van der Waals surface area contributed by atoms with E-state index in [1.165, 1.54) is 6.92 Å². The molecule has 2 aromatic carbocycles. The zero-order valence-electron chi connectivity index (χ0n) is 24.1. The number of hydrogen-bond donors (Lipinski definition) is 3. The Kier molecular flexibility index (Phi) is 12.4. The lowest BCUT2D eigenvalue weighted by atomic mass is 10.0. The van der Waals surface area contributed by atoms with Gasteiger partial charge >= 0.3 is 5.97 Å².